The highest BCUT2D eigenvalue weighted by atomic mass is 35.5. The number of hydrogen-bond donors (Lipinski definition) is 1. The summed E-state index contributed by atoms with van der Waals surface area (Å²) in [6, 6.07) is 0.341. The molecule has 2 aliphatic carbocycles. The average Bonchev–Trinajstić information content (AvgIpc) is 2.75. The number of halogens is 1. The van der Waals surface area contributed by atoms with Crippen molar-refractivity contribution < 1.29 is 9.47 Å². The Kier molecular flexibility index (Phi) is 3.50. The number of hydrogen-bond acceptors (Lipinski definition) is 3. The summed E-state index contributed by atoms with van der Waals surface area (Å²) < 4.78 is 12.5. The van der Waals surface area contributed by atoms with E-state index in [1.165, 1.54) is 5.57 Å². The van der Waals surface area contributed by atoms with Gasteiger partial charge in [0.25, 0.3) is 0 Å². The fourth-order valence-electron chi connectivity index (χ4n) is 3.42. The summed E-state index contributed by atoms with van der Waals surface area (Å²) in [6.45, 7) is 4.13. The van der Waals surface area contributed by atoms with Crippen molar-refractivity contribution in [1.82, 2.24) is 0 Å². The maximum Gasteiger partial charge on any atom is 0.170 e. The van der Waals surface area contributed by atoms with Crippen molar-refractivity contribution in [2.75, 3.05) is 0 Å². The summed E-state index contributed by atoms with van der Waals surface area (Å²) in [6.07, 6.45) is 8.04. The molecule has 3 aliphatic rings. The van der Waals surface area contributed by atoms with Gasteiger partial charge in [0, 0.05) is 12.0 Å². The Morgan fingerprint density at radius 1 is 1.16 bits per heavy atom. The maximum absolute atomic E-state index is 6.26. The molecule has 1 saturated carbocycles. The number of allylic oxidation sites excluding steroid dienone is 2. The molecule has 2 fully saturated rings. The molecule has 19 heavy (non-hydrogen) atoms. The molecule has 2 unspecified atom stereocenters. The Morgan fingerprint density at radius 3 is 2.42 bits per heavy atom. The van der Waals surface area contributed by atoms with Gasteiger partial charge >= 0.3 is 0 Å². The summed E-state index contributed by atoms with van der Waals surface area (Å²) >= 11 is 6.26. The Hall–Kier alpha value is -0.350. The van der Waals surface area contributed by atoms with Gasteiger partial charge in [-0.15, -0.1) is 0 Å². The fourth-order valence-corrected chi connectivity index (χ4v) is 3.65. The van der Waals surface area contributed by atoms with Gasteiger partial charge in [-0.1, -0.05) is 17.7 Å². The van der Waals surface area contributed by atoms with Crippen LogP contribution in [0.25, 0.3) is 0 Å². The number of nitrogens with two attached hydrogens (primary N) is 1. The summed E-state index contributed by atoms with van der Waals surface area (Å²) in [5.41, 5.74) is 7.16. The first-order valence-electron chi connectivity index (χ1n) is 7.15. The maximum atomic E-state index is 6.26. The van der Waals surface area contributed by atoms with Gasteiger partial charge in [-0.05, 0) is 51.2 Å². The van der Waals surface area contributed by atoms with Crippen LogP contribution in [0.3, 0.4) is 0 Å². The van der Waals surface area contributed by atoms with E-state index < -0.39 is 5.79 Å². The van der Waals surface area contributed by atoms with E-state index in [0.717, 1.165) is 30.7 Å². The molecular formula is C15H22ClNO2. The highest BCUT2D eigenvalue weighted by Gasteiger charge is 2.51. The molecule has 0 amide bonds. The van der Waals surface area contributed by atoms with Gasteiger partial charge in [0.2, 0.25) is 0 Å². The quantitative estimate of drug-likeness (QED) is 0.804. The van der Waals surface area contributed by atoms with E-state index in [-0.39, 0.29) is 12.2 Å². The number of fused-ring (bicyclic) bond motifs is 1. The lowest BCUT2D eigenvalue weighted by atomic mass is 9.81. The molecule has 4 heteroatoms. The van der Waals surface area contributed by atoms with Crippen LogP contribution in [0.1, 0.15) is 39.5 Å². The van der Waals surface area contributed by atoms with Crippen LogP contribution in [0.5, 0.6) is 0 Å². The van der Waals surface area contributed by atoms with E-state index in [0.29, 0.717) is 12.0 Å². The molecule has 106 valence electrons. The van der Waals surface area contributed by atoms with Crippen LogP contribution in [-0.4, -0.2) is 24.0 Å². The molecule has 3 rings (SSSR count). The Labute approximate surface area is 119 Å². The smallest absolute Gasteiger partial charge is 0.170 e. The molecule has 2 N–H and O–H groups in total. The second kappa shape index (κ2) is 4.88. The standard InChI is InChI=1S/C15H22ClNO2/c1-9-3-8-12(16)14-13(9)18-15(2,19-14)10-4-6-11(17)7-5-10/h3,8,10-11,13-14H,4-7,17H2,1-2H3/t10-,11-,13?,14?,15-/m1/s1. The van der Waals surface area contributed by atoms with Crippen LogP contribution < -0.4 is 5.73 Å². The molecule has 1 heterocycles. The zero-order valence-electron chi connectivity index (χ0n) is 11.6. The van der Waals surface area contributed by atoms with Gasteiger partial charge in [-0.3, -0.25) is 0 Å². The van der Waals surface area contributed by atoms with Crippen LogP contribution in [-0.2, 0) is 9.47 Å². The second-order valence-electron chi connectivity index (χ2n) is 6.17. The monoisotopic (exact) mass is 283 g/mol. The Morgan fingerprint density at radius 2 is 1.79 bits per heavy atom. The molecule has 0 aromatic carbocycles. The predicted molar refractivity (Wildman–Crippen MR) is 75.8 cm³/mol. The lowest BCUT2D eigenvalue weighted by Gasteiger charge is -2.37. The molecular weight excluding hydrogens is 262 g/mol. The lowest BCUT2D eigenvalue weighted by Crippen LogP contribution is -2.41. The van der Waals surface area contributed by atoms with Gasteiger partial charge in [0.1, 0.15) is 12.2 Å². The van der Waals surface area contributed by atoms with Crippen molar-refractivity contribution >= 4 is 11.6 Å². The van der Waals surface area contributed by atoms with Crippen molar-refractivity contribution in [2.45, 2.75) is 63.6 Å². The zero-order chi connectivity index (χ0) is 13.6. The minimum absolute atomic E-state index is 0.0295. The molecule has 0 radical (unpaired) electrons. The van der Waals surface area contributed by atoms with E-state index in [1.54, 1.807) is 0 Å². The largest absolute Gasteiger partial charge is 0.339 e. The third kappa shape index (κ3) is 2.38. The average molecular weight is 284 g/mol. The fraction of sp³-hybridized carbons (Fsp3) is 0.733. The number of ether oxygens (including phenoxy) is 2. The Balaban J connectivity index is 1.77. The van der Waals surface area contributed by atoms with Crippen molar-refractivity contribution in [3.05, 3.63) is 22.8 Å². The lowest BCUT2D eigenvalue weighted by molar-refractivity contribution is -0.199. The van der Waals surface area contributed by atoms with Crippen LogP contribution in [0.15, 0.2) is 22.8 Å². The van der Waals surface area contributed by atoms with Crippen LogP contribution in [0.4, 0.5) is 0 Å². The predicted octanol–water partition coefficient (Wildman–Crippen LogP) is 3.09. The van der Waals surface area contributed by atoms with Gasteiger partial charge in [-0.25, -0.2) is 0 Å². The summed E-state index contributed by atoms with van der Waals surface area (Å²) in [7, 11) is 0. The normalized spacial score (nSPS) is 46.5. The minimum Gasteiger partial charge on any atom is -0.339 e. The van der Waals surface area contributed by atoms with Crippen molar-refractivity contribution in [3.8, 4) is 0 Å². The zero-order valence-corrected chi connectivity index (χ0v) is 12.3. The van der Waals surface area contributed by atoms with E-state index in [4.69, 9.17) is 26.8 Å². The molecule has 0 spiro atoms. The molecule has 0 aromatic rings. The van der Waals surface area contributed by atoms with Crippen molar-refractivity contribution in [3.63, 3.8) is 0 Å². The van der Waals surface area contributed by atoms with Gasteiger partial charge in [0.15, 0.2) is 5.79 Å². The van der Waals surface area contributed by atoms with Crippen molar-refractivity contribution in [1.29, 1.82) is 0 Å². The van der Waals surface area contributed by atoms with Gasteiger partial charge in [-0.2, -0.15) is 0 Å². The van der Waals surface area contributed by atoms with E-state index in [1.807, 2.05) is 12.2 Å². The van der Waals surface area contributed by atoms with E-state index in [2.05, 4.69) is 13.8 Å². The molecule has 1 aliphatic heterocycles. The van der Waals surface area contributed by atoms with E-state index in [9.17, 15) is 0 Å². The first kappa shape index (κ1) is 13.6. The van der Waals surface area contributed by atoms with Crippen LogP contribution in [0, 0.1) is 5.92 Å². The summed E-state index contributed by atoms with van der Waals surface area (Å²) in [4.78, 5) is 0. The van der Waals surface area contributed by atoms with Crippen LogP contribution in [0.2, 0.25) is 0 Å². The van der Waals surface area contributed by atoms with Crippen LogP contribution >= 0.6 is 11.6 Å². The second-order valence-corrected chi connectivity index (χ2v) is 6.60. The molecule has 3 nitrogen and oxygen atoms in total. The highest BCUT2D eigenvalue weighted by Crippen LogP contribution is 2.46. The molecule has 0 aromatic heterocycles. The molecule has 0 bridgehead atoms. The summed E-state index contributed by atoms with van der Waals surface area (Å²) in [5.74, 6) is -0.113. The highest BCUT2D eigenvalue weighted by molar-refractivity contribution is 6.30. The third-order valence-electron chi connectivity index (χ3n) is 4.74. The first-order chi connectivity index (χ1) is 8.99. The molecule has 3 atom stereocenters. The minimum atomic E-state index is -0.525. The summed E-state index contributed by atoms with van der Waals surface area (Å²) in [5, 5.41) is 0.742. The SMILES string of the molecule is CC1=CC=C(Cl)C2O[C@](C)([C@H]3CC[C@H](N)CC3)OC12. The van der Waals surface area contributed by atoms with Gasteiger partial charge < -0.3 is 15.2 Å². The number of rotatable bonds is 1. The van der Waals surface area contributed by atoms with E-state index >= 15 is 0 Å². The topological polar surface area (TPSA) is 44.5 Å². The van der Waals surface area contributed by atoms with Gasteiger partial charge in [0.05, 0.1) is 5.03 Å². The van der Waals surface area contributed by atoms with Crippen molar-refractivity contribution in [2.24, 2.45) is 11.7 Å². The Bertz CT molecular complexity index is 398. The first-order valence-corrected chi connectivity index (χ1v) is 7.52. The molecule has 1 saturated heterocycles. The third-order valence-corrected chi connectivity index (χ3v) is 5.08.